The number of sulfonamides is 1. The van der Waals surface area contributed by atoms with Crippen molar-refractivity contribution in [1.29, 1.82) is 0 Å². The van der Waals surface area contributed by atoms with Crippen LogP contribution in [-0.2, 0) is 14.8 Å². The number of rotatable bonds is 6. The minimum absolute atomic E-state index is 0.135. The van der Waals surface area contributed by atoms with E-state index in [0.29, 0.717) is 31.9 Å². The third kappa shape index (κ3) is 4.99. The summed E-state index contributed by atoms with van der Waals surface area (Å²) < 4.78 is 42.2. The SMILES string of the molecule is Cc1ccc(S(=O)(=O)N[C@H](C(=O)N2CCN(c3ccccc3F)CC2)C(C)C)cc1. The Kier molecular flexibility index (Phi) is 6.77. The average molecular weight is 434 g/mol. The van der Waals surface area contributed by atoms with Gasteiger partial charge in [-0.3, -0.25) is 4.79 Å². The van der Waals surface area contributed by atoms with Crippen LogP contribution in [0.25, 0.3) is 0 Å². The minimum atomic E-state index is -3.82. The number of aryl methyl sites for hydroxylation is 1. The van der Waals surface area contributed by atoms with Gasteiger partial charge in [0.15, 0.2) is 0 Å². The van der Waals surface area contributed by atoms with Crippen LogP contribution in [0.15, 0.2) is 53.4 Å². The summed E-state index contributed by atoms with van der Waals surface area (Å²) >= 11 is 0. The molecule has 2 aromatic carbocycles. The third-order valence-corrected chi connectivity index (χ3v) is 6.79. The first kappa shape index (κ1) is 22.2. The lowest BCUT2D eigenvalue weighted by Crippen LogP contribution is -2.56. The Morgan fingerprint density at radius 2 is 1.60 bits per heavy atom. The van der Waals surface area contributed by atoms with E-state index >= 15 is 0 Å². The highest BCUT2D eigenvalue weighted by molar-refractivity contribution is 7.89. The molecule has 1 heterocycles. The molecule has 0 bridgehead atoms. The Balaban J connectivity index is 1.69. The van der Waals surface area contributed by atoms with Crippen molar-refractivity contribution in [1.82, 2.24) is 9.62 Å². The van der Waals surface area contributed by atoms with Crippen LogP contribution in [-0.4, -0.2) is 51.4 Å². The number of amides is 1. The molecular formula is C22H28FN3O3S. The molecule has 1 amide bonds. The van der Waals surface area contributed by atoms with Crippen molar-refractivity contribution in [3.8, 4) is 0 Å². The van der Waals surface area contributed by atoms with E-state index in [1.807, 2.05) is 25.7 Å². The summed E-state index contributed by atoms with van der Waals surface area (Å²) in [5.41, 5.74) is 1.48. The molecule has 0 radical (unpaired) electrons. The second-order valence-corrected chi connectivity index (χ2v) is 9.63. The molecule has 1 aliphatic heterocycles. The Morgan fingerprint density at radius 3 is 2.17 bits per heavy atom. The van der Waals surface area contributed by atoms with Crippen LogP contribution < -0.4 is 9.62 Å². The molecular weight excluding hydrogens is 405 g/mol. The van der Waals surface area contributed by atoms with Crippen molar-refractivity contribution >= 4 is 21.6 Å². The van der Waals surface area contributed by atoms with Gasteiger partial charge in [0.25, 0.3) is 0 Å². The van der Waals surface area contributed by atoms with Crippen molar-refractivity contribution < 1.29 is 17.6 Å². The van der Waals surface area contributed by atoms with Gasteiger partial charge in [-0.05, 0) is 37.1 Å². The summed E-state index contributed by atoms with van der Waals surface area (Å²) in [5.74, 6) is -0.764. The minimum Gasteiger partial charge on any atom is -0.366 e. The molecule has 30 heavy (non-hydrogen) atoms. The predicted octanol–water partition coefficient (Wildman–Crippen LogP) is 2.79. The van der Waals surface area contributed by atoms with Gasteiger partial charge in [0.05, 0.1) is 10.6 Å². The number of hydrogen-bond acceptors (Lipinski definition) is 4. The fourth-order valence-electron chi connectivity index (χ4n) is 3.50. The topological polar surface area (TPSA) is 69.7 Å². The summed E-state index contributed by atoms with van der Waals surface area (Å²) in [6.45, 7) is 7.30. The monoisotopic (exact) mass is 433 g/mol. The van der Waals surface area contributed by atoms with Gasteiger partial charge in [-0.1, -0.05) is 43.7 Å². The summed E-state index contributed by atoms with van der Waals surface area (Å²) in [6, 6.07) is 12.2. The van der Waals surface area contributed by atoms with Crippen molar-refractivity contribution in [2.45, 2.75) is 31.7 Å². The van der Waals surface area contributed by atoms with Gasteiger partial charge in [0, 0.05) is 26.2 Å². The highest BCUT2D eigenvalue weighted by Gasteiger charge is 2.33. The van der Waals surface area contributed by atoms with Crippen LogP contribution in [0.2, 0.25) is 0 Å². The average Bonchev–Trinajstić information content (AvgIpc) is 2.72. The Hall–Kier alpha value is -2.45. The van der Waals surface area contributed by atoms with E-state index in [2.05, 4.69) is 4.72 Å². The number of benzene rings is 2. The van der Waals surface area contributed by atoms with Gasteiger partial charge in [0.1, 0.15) is 11.9 Å². The van der Waals surface area contributed by atoms with E-state index < -0.39 is 16.1 Å². The molecule has 1 atom stereocenters. The predicted molar refractivity (Wildman–Crippen MR) is 115 cm³/mol. The molecule has 0 aliphatic carbocycles. The Morgan fingerprint density at radius 1 is 1.00 bits per heavy atom. The maximum Gasteiger partial charge on any atom is 0.241 e. The molecule has 162 valence electrons. The fraction of sp³-hybridized carbons (Fsp3) is 0.409. The Labute approximate surface area is 177 Å². The molecule has 3 rings (SSSR count). The number of carbonyl (C=O) groups is 1. The number of nitrogens with zero attached hydrogens (tertiary/aromatic N) is 2. The van der Waals surface area contributed by atoms with E-state index in [1.54, 1.807) is 35.2 Å². The van der Waals surface area contributed by atoms with Crippen LogP contribution >= 0.6 is 0 Å². The van der Waals surface area contributed by atoms with Crippen LogP contribution in [0.3, 0.4) is 0 Å². The molecule has 1 N–H and O–H groups in total. The standard InChI is InChI=1S/C22H28FN3O3S/c1-16(2)21(24-30(28,29)18-10-8-17(3)9-11-18)22(27)26-14-12-25(13-15-26)20-7-5-4-6-19(20)23/h4-11,16,21,24H,12-15H2,1-3H3/t21-/m0/s1. The van der Waals surface area contributed by atoms with Crippen molar-refractivity contribution in [3.63, 3.8) is 0 Å². The first-order chi connectivity index (χ1) is 14.2. The lowest BCUT2D eigenvalue weighted by Gasteiger charge is -2.38. The largest absolute Gasteiger partial charge is 0.366 e. The zero-order chi connectivity index (χ0) is 21.9. The molecule has 1 aliphatic rings. The number of anilines is 1. The first-order valence-electron chi connectivity index (χ1n) is 10.1. The maximum absolute atomic E-state index is 14.0. The van der Waals surface area contributed by atoms with Crippen LogP contribution in [0.4, 0.5) is 10.1 Å². The zero-order valence-corrected chi connectivity index (χ0v) is 18.3. The first-order valence-corrected chi connectivity index (χ1v) is 11.5. The number of carbonyl (C=O) groups excluding carboxylic acids is 1. The van der Waals surface area contributed by atoms with Gasteiger partial charge in [-0.15, -0.1) is 0 Å². The van der Waals surface area contributed by atoms with E-state index in [4.69, 9.17) is 0 Å². The highest BCUT2D eigenvalue weighted by atomic mass is 32.2. The maximum atomic E-state index is 14.0. The molecule has 0 spiro atoms. The zero-order valence-electron chi connectivity index (χ0n) is 17.5. The molecule has 2 aromatic rings. The van der Waals surface area contributed by atoms with E-state index in [-0.39, 0.29) is 22.5 Å². The van der Waals surface area contributed by atoms with Gasteiger partial charge in [0.2, 0.25) is 15.9 Å². The number of hydrogen-bond donors (Lipinski definition) is 1. The number of piperazine rings is 1. The van der Waals surface area contributed by atoms with Gasteiger partial charge < -0.3 is 9.80 Å². The molecule has 0 saturated carbocycles. The molecule has 0 unspecified atom stereocenters. The number of nitrogens with one attached hydrogen (secondary N) is 1. The van der Waals surface area contributed by atoms with Crippen LogP contribution in [0.5, 0.6) is 0 Å². The molecule has 0 aromatic heterocycles. The lowest BCUT2D eigenvalue weighted by atomic mass is 10.0. The smallest absolute Gasteiger partial charge is 0.241 e. The highest BCUT2D eigenvalue weighted by Crippen LogP contribution is 2.21. The van der Waals surface area contributed by atoms with Gasteiger partial charge >= 0.3 is 0 Å². The van der Waals surface area contributed by atoms with Gasteiger partial charge in [-0.2, -0.15) is 4.72 Å². The molecule has 1 fully saturated rings. The summed E-state index contributed by atoms with van der Waals surface area (Å²) in [6.07, 6.45) is 0. The van der Waals surface area contributed by atoms with Crippen molar-refractivity contribution in [2.75, 3.05) is 31.1 Å². The van der Waals surface area contributed by atoms with E-state index in [1.165, 1.54) is 18.2 Å². The summed E-state index contributed by atoms with van der Waals surface area (Å²) in [5, 5.41) is 0. The molecule has 8 heteroatoms. The summed E-state index contributed by atoms with van der Waals surface area (Å²) in [7, 11) is -3.82. The van der Waals surface area contributed by atoms with Crippen LogP contribution in [0.1, 0.15) is 19.4 Å². The second-order valence-electron chi connectivity index (χ2n) is 7.92. The second kappa shape index (κ2) is 9.14. The number of para-hydroxylation sites is 1. The van der Waals surface area contributed by atoms with Crippen molar-refractivity contribution in [2.24, 2.45) is 5.92 Å². The van der Waals surface area contributed by atoms with Crippen LogP contribution in [0, 0.1) is 18.7 Å². The van der Waals surface area contributed by atoms with Gasteiger partial charge in [-0.25, -0.2) is 12.8 Å². The van der Waals surface area contributed by atoms with Crippen molar-refractivity contribution in [3.05, 3.63) is 59.9 Å². The fourth-order valence-corrected chi connectivity index (χ4v) is 4.83. The third-order valence-electron chi connectivity index (χ3n) is 5.33. The molecule has 6 nitrogen and oxygen atoms in total. The van der Waals surface area contributed by atoms with E-state index in [0.717, 1.165) is 5.56 Å². The summed E-state index contributed by atoms with van der Waals surface area (Å²) in [4.78, 5) is 16.8. The number of halogens is 1. The Bertz CT molecular complexity index is 985. The van der Waals surface area contributed by atoms with E-state index in [9.17, 15) is 17.6 Å². The molecule has 1 saturated heterocycles. The lowest BCUT2D eigenvalue weighted by molar-refractivity contribution is -0.134. The normalized spacial score (nSPS) is 16.0. The quantitative estimate of drug-likeness (QED) is 0.761.